The Hall–Kier alpha value is -0.420. The summed E-state index contributed by atoms with van der Waals surface area (Å²) in [6.07, 6.45) is 5.38. The predicted molar refractivity (Wildman–Crippen MR) is 103 cm³/mol. The van der Waals surface area contributed by atoms with Crippen molar-refractivity contribution in [2.75, 3.05) is 45.0 Å². The maximum atomic E-state index is 4.87. The lowest BCUT2D eigenvalue weighted by molar-refractivity contribution is 0.162. The van der Waals surface area contributed by atoms with Gasteiger partial charge in [-0.2, -0.15) is 11.8 Å². The summed E-state index contributed by atoms with van der Waals surface area (Å²) < 4.78 is 0. The maximum Gasteiger partial charge on any atom is 0.191 e. The third kappa shape index (κ3) is 7.34. The first kappa shape index (κ1) is 18.9. The van der Waals surface area contributed by atoms with Crippen LogP contribution in [0.15, 0.2) is 4.99 Å². The summed E-state index contributed by atoms with van der Waals surface area (Å²) in [5, 5.41) is 7.73. The highest BCUT2D eigenvalue weighted by molar-refractivity contribution is 8.00. The minimum absolute atomic E-state index is 0.721. The van der Waals surface area contributed by atoms with Gasteiger partial charge in [-0.05, 0) is 56.7 Å². The Morgan fingerprint density at radius 2 is 2.13 bits per heavy atom. The molecule has 0 aromatic heterocycles. The minimum Gasteiger partial charge on any atom is -0.357 e. The number of thioether (sulfide) groups is 1. The van der Waals surface area contributed by atoms with Crippen LogP contribution in [0.1, 0.15) is 46.5 Å². The van der Waals surface area contributed by atoms with E-state index in [0.717, 1.165) is 42.7 Å². The number of rotatable bonds is 7. The van der Waals surface area contributed by atoms with E-state index < -0.39 is 0 Å². The number of guanidine groups is 1. The molecule has 2 unspecified atom stereocenters. The Balaban J connectivity index is 1.76. The average Bonchev–Trinajstić information content (AvgIpc) is 3.03. The average molecular weight is 341 g/mol. The second-order valence-corrected chi connectivity index (χ2v) is 8.81. The smallest absolute Gasteiger partial charge is 0.191 e. The molecular formula is C18H36N4S. The summed E-state index contributed by atoms with van der Waals surface area (Å²) in [5.41, 5.74) is 0. The van der Waals surface area contributed by atoms with Crippen molar-refractivity contribution in [1.29, 1.82) is 0 Å². The zero-order valence-corrected chi connectivity index (χ0v) is 16.1. The Kier molecular flexibility index (Phi) is 8.59. The fourth-order valence-electron chi connectivity index (χ4n) is 3.56. The van der Waals surface area contributed by atoms with E-state index >= 15 is 0 Å². The van der Waals surface area contributed by atoms with Crippen LogP contribution in [0.3, 0.4) is 0 Å². The Morgan fingerprint density at radius 1 is 1.26 bits per heavy atom. The highest BCUT2D eigenvalue weighted by Crippen LogP contribution is 2.25. The summed E-state index contributed by atoms with van der Waals surface area (Å²) in [5.74, 6) is 3.83. The molecule has 0 spiro atoms. The van der Waals surface area contributed by atoms with Crippen molar-refractivity contribution >= 4 is 17.7 Å². The van der Waals surface area contributed by atoms with Crippen molar-refractivity contribution in [3.63, 3.8) is 0 Å². The van der Waals surface area contributed by atoms with E-state index in [1.165, 1.54) is 51.1 Å². The second-order valence-electron chi connectivity index (χ2n) is 7.40. The van der Waals surface area contributed by atoms with E-state index in [0.29, 0.717) is 0 Å². The van der Waals surface area contributed by atoms with Crippen molar-refractivity contribution in [2.45, 2.75) is 51.7 Å². The first-order chi connectivity index (χ1) is 11.2. The Morgan fingerprint density at radius 3 is 2.83 bits per heavy atom. The predicted octanol–water partition coefficient (Wildman–Crippen LogP) is 2.81. The van der Waals surface area contributed by atoms with Crippen molar-refractivity contribution in [2.24, 2.45) is 16.8 Å². The van der Waals surface area contributed by atoms with Gasteiger partial charge in [0.15, 0.2) is 5.96 Å². The van der Waals surface area contributed by atoms with E-state index in [9.17, 15) is 0 Å². The van der Waals surface area contributed by atoms with Crippen LogP contribution in [0.2, 0.25) is 0 Å². The fourth-order valence-corrected chi connectivity index (χ4v) is 4.76. The molecular weight excluding hydrogens is 304 g/mol. The molecule has 0 amide bonds. The van der Waals surface area contributed by atoms with Crippen LogP contribution < -0.4 is 10.6 Å². The molecule has 2 rings (SSSR count). The largest absolute Gasteiger partial charge is 0.357 e. The van der Waals surface area contributed by atoms with Crippen molar-refractivity contribution in [3.8, 4) is 0 Å². The summed E-state index contributed by atoms with van der Waals surface area (Å²) in [7, 11) is 0. The summed E-state index contributed by atoms with van der Waals surface area (Å²) >= 11 is 2.10. The van der Waals surface area contributed by atoms with Crippen molar-refractivity contribution in [1.82, 2.24) is 15.5 Å². The van der Waals surface area contributed by atoms with Gasteiger partial charge in [0.05, 0.1) is 0 Å². The van der Waals surface area contributed by atoms with Crippen LogP contribution in [0, 0.1) is 11.8 Å². The zero-order valence-electron chi connectivity index (χ0n) is 15.3. The van der Waals surface area contributed by atoms with Gasteiger partial charge in [-0.25, -0.2) is 0 Å². The van der Waals surface area contributed by atoms with Crippen LogP contribution >= 0.6 is 11.8 Å². The summed E-state index contributed by atoms with van der Waals surface area (Å²) in [6.45, 7) is 13.5. The molecule has 2 saturated heterocycles. The van der Waals surface area contributed by atoms with E-state index in [4.69, 9.17) is 4.99 Å². The Bertz CT molecular complexity index is 353. The molecule has 2 N–H and O–H groups in total. The van der Waals surface area contributed by atoms with Crippen LogP contribution in [0.4, 0.5) is 0 Å². The molecule has 134 valence electrons. The van der Waals surface area contributed by atoms with Gasteiger partial charge in [0.1, 0.15) is 0 Å². The molecule has 2 heterocycles. The third-order valence-electron chi connectivity index (χ3n) is 4.60. The molecule has 0 radical (unpaired) electrons. The van der Waals surface area contributed by atoms with Crippen molar-refractivity contribution < 1.29 is 0 Å². The molecule has 23 heavy (non-hydrogen) atoms. The molecule has 0 saturated carbocycles. The SMILES string of the molecule is CCNC(=NCC1CCCN(CC(C)C)C1)NCC1CCCS1. The van der Waals surface area contributed by atoms with Crippen LogP contribution in [-0.4, -0.2) is 61.1 Å². The number of hydrogen-bond donors (Lipinski definition) is 2. The number of hydrogen-bond acceptors (Lipinski definition) is 3. The monoisotopic (exact) mass is 340 g/mol. The van der Waals surface area contributed by atoms with Crippen molar-refractivity contribution in [3.05, 3.63) is 0 Å². The molecule has 0 bridgehead atoms. The first-order valence-electron chi connectivity index (χ1n) is 9.53. The van der Waals surface area contributed by atoms with E-state index in [-0.39, 0.29) is 0 Å². The van der Waals surface area contributed by atoms with Gasteiger partial charge < -0.3 is 15.5 Å². The molecule has 0 aliphatic carbocycles. The van der Waals surface area contributed by atoms with Gasteiger partial charge >= 0.3 is 0 Å². The highest BCUT2D eigenvalue weighted by Gasteiger charge is 2.20. The zero-order chi connectivity index (χ0) is 16.5. The number of piperidine rings is 1. The molecule has 2 atom stereocenters. The normalized spacial score (nSPS) is 26.7. The van der Waals surface area contributed by atoms with Gasteiger partial charge in [-0.1, -0.05) is 13.8 Å². The molecule has 4 nitrogen and oxygen atoms in total. The quantitative estimate of drug-likeness (QED) is 0.552. The second kappa shape index (κ2) is 10.4. The maximum absolute atomic E-state index is 4.87. The van der Waals surface area contributed by atoms with E-state index in [2.05, 4.69) is 48.1 Å². The molecule has 2 fully saturated rings. The van der Waals surface area contributed by atoms with Crippen LogP contribution in [0.25, 0.3) is 0 Å². The number of nitrogens with one attached hydrogen (secondary N) is 2. The molecule has 5 heteroatoms. The standard InChI is InChI=1S/C18H36N4S/c1-4-19-18(21-12-17-8-6-10-23-17)20-11-16-7-5-9-22(14-16)13-15(2)3/h15-17H,4-14H2,1-3H3,(H2,19,20,21). The topological polar surface area (TPSA) is 39.7 Å². The minimum atomic E-state index is 0.721. The fraction of sp³-hybridized carbons (Fsp3) is 0.944. The molecule has 2 aliphatic rings. The van der Waals surface area contributed by atoms with E-state index in [1.807, 2.05) is 0 Å². The molecule has 2 aliphatic heterocycles. The van der Waals surface area contributed by atoms with E-state index in [1.54, 1.807) is 0 Å². The lowest BCUT2D eigenvalue weighted by Crippen LogP contribution is -2.42. The summed E-state index contributed by atoms with van der Waals surface area (Å²) in [6, 6.07) is 0. The van der Waals surface area contributed by atoms with Gasteiger partial charge in [0, 0.05) is 38.0 Å². The number of nitrogens with zero attached hydrogens (tertiary/aromatic N) is 2. The van der Waals surface area contributed by atoms with Gasteiger partial charge in [0.25, 0.3) is 0 Å². The summed E-state index contributed by atoms with van der Waals surface area (Å²) in [4.78, 5) is 7.50. The van der Waals surface area contributed by atoms with Crippen LogP contribution in [0.5, 0.6) is 0 Å². The number of likely N-dealkylation sites (tertiary alicyclic amines) is 1. The molecule has 0 aromatic carbocycles. The molecule has 0 aromatic rings. The van der Waals surface area contributed by atoms with Gasteiger partial charge in [-0.3, -0.25) is 4.99 Å². The van der Waals surface area contributed by atoms with Gasteiger partial charge in [-0.15, -0.1) is 0 Å². The highest BCUT2D eigenvalue weighted by atomic mass is 32.2. The van der Waals surface area contributed by atoms with Crippen LogP contribution in [-0.2, 0) is 0 Å². The lowest BCUT2D eigenvalue weighted by Gasteiger charge is -2.33. The first-order valence-corrected chi connectivity index (χ1v) is 10.6. The lowest BCUT2D eigenvalue weighted by atomic mass is 9.97. The third-order valence-corrected chi connectivity index (χ3v) is 6.00. The Labute approximate surface area is 147 Å². The number of aliphatic imine (C=N–C) groups is 1. The van der Waals surface area contributed by atoms with Gasteiger partial charge in [0.2, 0.25) is 0 Å².